The summed E-state index contributed by atoms with van der Waals surface area (Å²) in [5.74, 6) is 0.956. The van der Waals surface area contributed by atoms with E-state index in [2.05, 4.69) is 21.8 Å². The van der Waals surface area contributed by atoms with E-state index in [0.717, 1.165) is 24.6 Å². The molecule has 2 atom stereocenters. The highest BCUT2D eigenvalue weighted by molar-refractivity contribution is 5.35. The minimum absolute atomic E-state index is 0.283. The van der Waals surface area contributed by atoms with Crippen LogP contribution in [0.3, 0.4) is 0 Å². The number of hydrogen-bond donors (Lipinski definition) is 2. The van der Waals surface area contributed by atoms with Crippen molar-refractivity contribution in [3.8, 4) is 0 Å². The smallest absolute Gasteiger partial charge is 0.203 e. The van der Waals surface area contributed by atoms with Crippen LogP contribution >= 0.6 is 0 Å². The molecule has 3 N–H and O–H groups in total. The number of nitrogens with zero attached hydrogens (tertiary/aromatic N) is 2. The Morgan fingerprint density at radius 3 is 2.92 bits per heavy atom. The summed E-state index contributed by atoms with van der Waals surface area (Å²) in [7, 11) is 0. The van der Waals surface area contributed by atoms with E-state index >= 15 is 0 Å². The number of nitrogens with two attached hydrogens (primary N) is 1. The van der Waals surface area contributed by atoms with Crippen LogP contribution in [0.1, 0.15) is 19.0 Å². The number of aromatic amines is 1. The molecule has 1 aromatic rings. The van der Waals surface area contributed by atoms with Gasteiger partial charge in [0, 0.05) is 30.5 Å². The average Bonchev–Trinajstić information content (AvgIpc) is 2.62. The second-order valence-corrected chi connectivity index (χ2v) is 3.78. The Morgan fingerprint density at radius 1 is 1.69 bits per heavy atom. The van der Waals surface area contributed by atoms with Crippen molar-refractivity contribution in [2.24, 2.45) is 5.73 Å². The molecule has 2 unspecified atom stereocenters. The van der Waals surface area contributed by atoms with Gasteiger partial charge >= 0.3 is 0 Å². The van der Waals surface area contributed by atoms with Gasteiger partial charge in [0.15, 0.2) is 0 Å². The second-order valence-electron chi connectivity index (χ2n) is 3.78. The van der Waals surface area contributed by atoms with Gasteiger partial charge in [-0.15, -0.1) is 0 Å². The molecule has 0 amide bonds. The summed E-state index contributed by atoms with van der Waals surface area (Å²) >= 11 is 0. The van der Waals surface area contributed by atoms with Crippen LogP contribution in [-0.2, 0) is 0 Å². The molecule has 2 heterocycles. The lowest BCUT2D eigenvalue weighted by atomic mass is 10.2. The van der Waals surface area contributed by atoms with Crippen molar-refractivity contribution in [1.29, 1.82) is 0 Å². The topological polar surface area (TPSA) is 57.9 Å². The van der Waals surface area contributed by atoms with E-state index in [1.807, 2.05) is 13.1 Å². The molecule has 2 rings (SSSR count). The normalized spacial score (nSPS) is 28.4. The Labute approximate surface area is 78.1 Å². The highest BCUT2D eigenvalue weighted by Crippen LogP contribution is 2.21. The van der Waals surface area contributed by atoms with Crippen LogP contribution in [0.4, 0.5) is 5.95 Å². The minimum atomic E-state index is 0.283. The number of nitrogens with one attached hydrogen (secondary N) is 1. The lowest BCUT2D eigenvalue weighted by Crippen LogP contribution is -2.37. The first-order chi connectivity index (χ1) is 6.18. The number of anilines is 1. The molecule has 0 saturated carbocycles. The van der Waals surface area contributed by atoms with Crippen molar-refractivity contribution in [3.63, 3.8) is 0 Å². The van der Waals surface area contributed by atoms with Gasteiger partial charge in [0.1, 0.15) is 0 Å². The van der Waals surface area contributed by atoms with E-state index < -0.39 is 0 Å². The summed E-state index contributed by atoms with van der Waals surface area (Å²) in [4.78, 5) is 9.76. The molecule has 1 saturated heterocycles. The fraction of sp³-hybridized carbons (Fsp3) is 0.667. The first-order valence-electron chi connectivity index (χ1n) is 4.72. The molecule has 1 aromatic heterocycles. The van der Waals surface area contributed by atoms with Crippen molar-refractivity contribution in [1.82, 2.24) is 9.97 Å². The molecule has 4 heteroatoms. The van der Waals surface area contributed by atoms with Gasteiger partial charge in [-0.2, -0.15) is 0 Å². The van der Waals surface area contributed by atoms with Crippen LogP contribution < -0.4 is 10.6 Å². The van der Waals surface area contributed by atoms with Gasteiger partial charge in [-0.3, -0.25) is 0 Å². The van der Waals surface area contributed by atoms with Crippen LogP contribution in [0.25, 0.3) is 0 Å². The monoisotopic (exact) mass is 180 g/mol. The molecule has 72 valence electrons. The molecular weight excluding hydrogens is 164 g/mol. The van der Waals surface area contributed by atoms with E-state index in [0.29, 0.717) is 6.04 Å². The minimum Gasteiger partial charge on any atom is -0.338 e. The third-order valence-electron chi connectivity index (χ3n) is 2.78. The van der Waals surface area contributed by atoms with Gasteiger partial charge < -0.3 is 15.6 Å². The first-order valence-corrected chi connectivity index (χ1v) is 4.72. The molecular formula is C9H16N4. The predicted molar refractivity (Wildman–Crippen MR) is 52.7 cm³/mol. The zero-order chi connectivity index (χ0) is 9.42. The largest absolute Gasteiger partial charge is 0.338 e. The summed E-state index contributed by atoms with van der Waals surface area (Å²) in [6.07, 6.45) is 2.91. The first kappa shape index (κ1) is 8.56. The molecule has 0 spiro atoms. The zero-order valence-corrected chi connectivity index (χ0v) is 8.12. The van der Waals surface area contributed by atoms with Gasteiger partial charge in [-0.25, -0.2) is 4.98 Å². The number of aryl methyl sites for hydroxylation is 1. The van der Waals surface area contributed by atoms with Gasteiger partial charge in [-0.1, -0.05) is 0 Å². The number of H-pyrrole nitrogens is 1. The quantitative estimate of drug-likeness (QED) is 0.667. The molecule has 0 aliphatic carbocycles. The second kappa shape index (κ2) is 3.03. The highest BCUT2D eigenvalue weighted by atomic mass is 15.3. The van der Waals surface area contributed by atoms with Crippen molar-refractivity contribution in [2.75, 3.05) is 11.4 Å². The Morgan fingerprint density at radius 2 is 2.46 bits per heavy atom. The summed E-state index contributed by atoms with van der Waals surface area (Å²) < 4.78 is 0. The number of imidazole rings is 1. The van der Waals surface area contributed by atoms with Gasteiger partial charge in [0.05, 0.1) is 0 Å². The fourth-order valence-corrected chi connectivity index (χ4v) is 1.81. The van der Waals surface area contributed by atoms with Crippen molar-refractivity contribution in [3.05, 3.63) is 11.9 Å². The predicted octanol–water partition coefficient (Wildman–Crippen LogP) is 0.644. The van der Waals surface area contributed by atoms with Crippen LogP contribution in [0.2, 0.25) is 0 Å². The molecule has 0 bridgehead atoms. The molecule has 1 aliphatic heterocycles. The number of hydrogen-bond acceptors (Lipinski definition) is 3. The third-order valence-corrected chi connectivity index (χ3v) is 2.78. The number of rotatable bonds is 1. The van der Waals surface area contributed by atoms with E-state index in [9.17, 15) is 0 Å². The molecule has 0 radical (unpaired) electrons. The molecule has 0 aromatic carbocycles. The van der Waals surface area contributed by atoms with Crippen LogP contribution in [0.5, 0.6) is 0 Å². The fourth-order valence-electron chi connectivity index (χ4n) is 1.81. The van der Waals surface area contributed by atoms with Crippen molar-refractivity contribution < 1.29 is 0 Å². The lowest BCUT2D eigenvalue weighted by molar-refractivity contribution is 0.619. The summed E-state index contributed by atoms with van der Waals surface area (Å²) in [6.45, 7) is 5.17. The molecule has 1 aliphatic rings. The SMILES string of the molecule is Cc1cnc(N2CCC(N)C2C)[nH]1. The Kier molecular flexibility index (Phi) is 2.00. The Balaban J connectivity index is 2.18. The molecule has 1 fully saturated rings. The van der Waals surface area contributed by atoms with E-state index in [4.69, 9.17) is 5.73 Å². The van der Waals surface area contributed by atoms with Crippen LogP contribution in [0, 0.1) is 6.92 Å². The van der Waals surface area contributed by atoms with E-state index in [1.165, 1.54) is 0 Å². The zero-order valence-electron chi connectivity index (χ0n) is 8.12. The Hall–Kier alpha value is -1.03. The van der Waals surface area contributed by atoms with E-state index in [1.54, 1.807) is 0 Å². The van der Waals surface area contributed by atoms with Gasteiger partial charge in [0.25, 0.3) is 0 Å². The van der Waals surface area contributed by atoms with Gasteiger partial charge in [-0.05, 0) is 20.3 Å². The average molecular weight is 180 g/mol. The highest BCUT2D eigenvalue weighted by Gasteiger charge is 2.29. The molecule has 13 heavy (non-hydrogen) atoms. The van der Waals surface area contributed by atoms with E-state index in [-0.39, 0.29) is 6.04 Å². The summed E-state index contributed by atoms with van der Waals surface area (Å²) in [5, 5.41) is 0. The van der Waals surface area contributed by atoms with Crippen molar-refractivity contribution >= 4 is 5.95 Å². The number of aromatic nitrogens is 2. The van der Waals surface area contributed by atoms with Crippen LogP contribution in [-0.4, -0.2) is 28.6 Å². The molecule has 4 nitrogen and oxygen atoms in total. The Bertz CT molecular complexity index is 294. The van der Waals surface area contributed by atoms with Crippen LogP contribution in [0.15, 0.2) is 6.20 Å². The maximum Gasteiger partial charge on any atom is 0.203 e. The summed E-state index contributed by atoms with van der Waals surface area (Å²) in [6, 6.07) is 0.677. The summed E-state index contributed by atoms with van der Waals surface area (Å²) in [5.41, 5.74) is 7.03. The maximum atomic E-state index is 5.93. The van der Waals surface area contributed by atoms with Crippen molar-refractivity contribution in [2.45, 2.75) is 32.4 Å². The lowest BCUT2D eigenvalue weighted by Gasteiger charge is -2.22. The standard InChI is InChI=1S/C9H16N4/c1-6-5-11-9(12-6)13-4-3-8(10)7(13)2/h5,7-8H,3-4,10H2,1-2H3,(H,11,12). The maximum absolute atomic E-state index is 5.93. The van der Waals surface area contributed by atoms with Gasteiger partial charge in [0.2, 0.25) is 5.95 Å². The third kappa shape index (κ3) is 1.42.